The van der Waals surface area contributed by atoms with Crippen molar-refractivity contribution in [3.8, 4) is 5.75 Å². The van der Waals surface area contributed by atoms with Crippen molar-refractivity contribution >= 4 is 17.5 Å². The topological polar surface area (TPSA) is 46.6 Å². The maximum atomic E-state index is 12.9. The van der Waals surface area contributed by atoms with Gasteiger partial charge >= 0.3 is 0 Å². The second-order valence-corrected chi connectivity index (χ2v) is 6.93. The van der Waals surface area contributed by atoms with E-state index in [9.17, 15) is 9.59 Å². The van der Waals surface area contributed by atoms with Gasteiger partial charge in [0.05, 0.1) is 24.6 Å². The van der Waals surface area contributed by atoms with Crippen molar-refractivity contribution in [2.24, 2.45) is 29.1 Å². The summed E-state index contributed by atoms with van der Waals surface area (Å²) in [7, 11) is 1.59. The molecule has 0 N–H and O–H groups in total. The van der Waals surface area contributed by atoms with Crippen molar-refractivity contribution in [2.45, 2.75) is 12.8 Å². The van der Waals surface area contributed by atoms with Crippen molar-refractivity contribution in [1.82, 2.24) is 0 Å². The number of benzene rings is 1. The summed E-state index contributed by atoms with van der Waals surface area (Å²) in [6, 6.07) is 7.21. The van der Waals surface area contributed by atoms with E-state index in [-0.39, 0.29) is 40.9 Å². The van der Waals surface area contributed by atoms with Crippen molar-refractivity contribution in [2.75, 3.05) is 12.0 Å². The van der Waals surface area contributed by atoms with Crippen molar-refractivity contribution in [1.29, 1.82) is 0 Å². The first-order chi connectivity index (χ1) is 10.7. The van der Waals surface area contributed by atoms with Crippen molar-refractivity contribution < 1.29 is 14.3 Å². The average Bonchev–Trinajstić information content (AvgIpc) is 3.13. The Kier molecular flexibility index (Phi) is 2.15. The molecule has 0 aromatic heterocycles. The molecule has 1 aliphatic heterocycles. The van der Waals surface area contributed by atoms with Crippen LogP contribution in [0.15, 0.2) is 36.4 Å². The molecule has 2 amide bonds. The van der Waals surface area contributed by atoms with Gasteiger partial charge in [-0.1, -0.05) is 18.2 Å². The van der Waals surface area contributed by atoms with Crippen LogP contribution < -0.4 is 9.64 Å². The molecule has 0 unspecified atom stereocenters. The summed E-state index contributed by atoms with van der Waals surface area (Å²) < 4.78 is 5.21. The van der Waals surface area contributed by atoms with E-state index in [0.29, 0.717) is 11.4 Å². The monoisotopic (exact) mass is 295 g/mol. The zero-order valence-corrected chi connectivity index (χ0v) is 12.4. The molecule has 1 aromatic rings. The van der Waals surface area contributed by atoms with Crippen LogP contribution in [0.25, 0.3) is 0 Å². The van der Waals surface area contributed by atoms with E-state index < -0.39 is 0 Å². The molecular weight excluding hydrogens is 278 g/mol. The number of hydrogen-bond acceptors (Lipinski definition) is 3. The van der Waals surface area contributed by atoms with Crippen LogP contribution in [0.4, 0.5) is 5.69 Å². The van der Waals surface area contributed by atoms with Crippen molar-refractivity contribution in [3.05, 3.63) is 36.4 Å². The van der Waals surface area contributed by atoms with Gasteiger partial charge in [-0.05, 0) is 42.2 Å². The lowest BCUT2D eigenvalue weighted by Gasteiger charge is -2.22. The summed E-state index contributed by atoms with van der Waals surface area (Å²) in [5, 5.41) is 0. The highest BCUT2D eigenvalue weighted by Gasteiger charge is 2.73. The van der Waals surface area contributed by atoms with Crippen LogP contribution in [-0.4, -0.2) is 18.9 Å². The van der Waals surface area contributed by atoms with Gasteiger partial charge in [0.1, 0.15) is 5.75 Å². The number of nitrogens with zero attached hydrogens (tertiary/aromatic N) is 1. The number of amides is 2. The summed E-state index contributed by atoms with van der Waals surface area (Å²) in [6.07, 6.45) is 6.72. The Labute approximate surface area is 128 Å². The maximum absolute atomic E-state index is 12.9. The van der Waals surface area contributed by atoms with Crippen molar-refractivity contribution in [3.63, 3.8) is 0 Å². The summed E-state index contributed by atoms with van der Waals surface area (Å²) in [5.74, 6) is 0.879. The maximum Gasteiger partial charge on any atom is 0.238 e. The molecule has 112 valence electrons. The molecule has 1 heterocycles. The molecule has 4 heteroatoms. The minimum Gasteiger partial charge on any atom is -0.497 e. The zero-order chi connectivity index (χ0) is 15.1. The van der Waals surface area contributed by atoms with Crippen LogP contribution in [0.1, 0.15) is 12.8 Å². The number of methoxy groups -OCH3 is 1. The molecule has 4 atom stereocenters. The Hall–Kier alpha value is -2.10. The Morgan fingerprint density at radius 2 is 1.73 bits per heavy atom. The molecule has 1 spiro atoms. The van der Waals surface area contributed by atoms with Crippen LogP contribution in [-0.2, 0) is 9.59 Å². The molecule has 2 bridgehead atoms. The number of carbonyl (C=O) groups is 2. The third-order valence-electron chi connectivity index (χ3n) is 6.16. The van der Waals surface area contributed by atoms with Crippen LogP contribution >= 0.6 is 0 Å². The van der Waals surface area contributed by atoms with Gasteiger partial charge < -0.3 is 4.74 Å². The van der Waals surface area contributed by atoms with Gasteiger partial charge in [0.25, 0.3) is 0 Å². The molecule has 5 rings (SSSR count). The molecule has 3 aliphatic carbocycles. The number of anilines is 1. The highest BCUT2D eigenvalue weighted by molar-refractivity contribution is 6.23. The largest absolute Gasteiger partial charge is 0.497 e. The van der Waals surface area contributed by atoms with E-state index in [2.05, 4.69) is 12.2 Å². The lowest BCUT2D eigenvalue weighted by molar-refractivity contribution is -0.123. The minimum atomic E-state index is -0.142. The number of rotatable bonds is 2. The second kappa shape index (κ2) is 3.80. The number of carbonyl (C=O) groups excluding carboxylic acids is 2. The summed E-state index contributed by atoms with van der Waals surface area (Å²) >= 11 is 0. The molecule has 4 nitrogen and oxygen atoms in total. The van der Waals surface area contributed by atoms with Gasteiger partial charge in [-0.3, -0.25) is 9.59 Å². The van der Waals surface area contributed by atoms with Crippen LogP contribution in [0, 0.1) is 29.1 Å². The third-order valence-corrected chi connectivity index (χ3v) is 6.16. The first-order valence-electron chi connectivity index (χ1n) is 7.87. The Morgan fingerprint density at radius 1 is 1.09 bits per heavy atom. The molecule has 3 fully saturated rings. The number of hydrogen-bond donors (Lipinski definition) is 0. The lowest BCUT2D eigenvalue weighted by atomic mass is 9.85. The fourth-order valence-electron chi connectivity index (χ4n) is 5.08. The number of fused-ring (bicyclic) bond motifs is 3. The summed E-state index contributed by atoms with van der Waals surface area (Å²) in [6.45, 7) is 0. The van der Waals surface area contributed by atoms with E-state index in [1.807, 2.05) is 18.2 Å². The molecule has 4 aliphatic rings. The van der Waals surface area contributed by atoms with E-state index in [4.69, 9.17) is 4.74 Å². The van der Waals surface area contributed by atoms with Gasteiger partial charge in [-0.15, -0.1) is 0 Å². The lowest BCUT2D eigenvalue weighted by Crippen LogP contribution is -2.34. The predicted molar refractivity (Wildman–Crippen MR) is 80.3 cm³/mol. The van der Waals surface area contributed by atoms with E-state index in [0.717, 1.165) is 0 Å². The fourth-order valence-corrected chi connectivity index (χ4v) is 5.08. The molecule has 2 saturated carbocycles. The smallest absolute Gasteiger partial charge is 0.238 e. The van der Waals surface area contributed by atoms with Crippen LogP contribution in [0.2, 0.25) is 0 Å². The first kappa shape index (κ1) is 12.4. The fraction of sp³-hybridized carbons (Fsp3) is 0.444. The van der Waals surface area contributed by atoms with Gasteiger partial charge in [0, 0.05) is 6.07 Å². The minimum absolute atomic E-state index is 0.0219. The third kappa shape index (κ3) is 1.25. The molecule has 1 saturated heterocycles. The molecule has 1 aromatic carbocycles. The first-order valence-corrected chi connectivity index (χ1v) is 7.87. The number of ether oxygens (including phenoxy) is 1. The standard InChI is InChI=1S/C18H17NO3/c1-22-11-4-2-3-10(9-11)19-16(20)14-12-5-6-13(15(14)17(19)21)18(12)7-8-18/h2-6,9,12-15H,7-8H2,1H3/t12-,13-,14-,15-/m1/s1. The average molecular weight is 295 g/mol. The predicted octanol–water partition coefficient (Wildman–Crippen LogP) is 2.40. The van der Waals surface area contributed by atoms with Gasteiger partial charge in [-0.2, -0.15) is 0 Å². The Morgan fingerprint density at radius 3 is 2.27 bits per heavy atom. The second-order valence-electron chi connectivity index (χ2n) is 6.93. The quantitative estimate of drug-likeness (QED) is 0.622. The number of imide groups is 1. The van der Waals surface area contributed by atoms with Gasteiger partial charge in [0.15, 0.2) is 0 Å². The zero-order valence-electron chi connectivity index (χ0n) is 12.4. The molecule has 22 heavy (non-hydrogen) atoms. The summed E-state index contributed by atoms with van der Waals surface area (Å²) in [4.78, 5) is 27.3. The summed E-state index contributed by atoms with van der Waals surface area (Å²) in [5.41, 5.74) is 0.884. The highest BCUT2D eigenvalue weighted by Crippen LogP contribution is 2.73. The molecule has 0 radical (unpaired) electrons. The van der Waals surface area contributed by atoms with Crippen LogP contribution in [0.3, 0.4) is 0 Å². The van der Waals surface area contributed by atoms with Gasteiger partial charge in [0.2, 0.25) is 11.8 Å². The highest BCUT2D eigenvalue weighted by atomic mass is 16.5. The SMILES string of the molecule is COc1cccc(N2C(=O)[C@H]3[C@H](C2=O)[C@H]2C=C[C@H]3C23CC3)c1. The Bertz CT molecular complexity index is 700. The van der Waals surface area contributed by atoms with Crippen LogP contribution in [0.5, 0.6) is 5.75 Å². The van der Waals surface area contributed by atoms with E-state index >= 15 is 0 Å². The number of allylic oxidation sites excluding steroid dienone is 2. The van der Waals surface area contributed by atoms with E-state index in [1.54, 1.807) is 13.2 Å². The molecular formula is C18H17NO3. The Balaban J connectivity index is 1.56. The van der Waals surface area contributed by atoms with Gasteiger partial charge in [-0.25, -0.2) is 4.90 Å². The van der Waals surface area contributed by atoms with E-state index in [1.165, 1.54) is 17.7 Å². The normalized spacial score (nSPS) is 36.3.